The Morgan fingerprint density at radius 3 is 2.33 bits per heavy atom. The van der Waals surface area contributed by atoms with E-state index in [9.17, 15) is 4.79 Å². The molecule has 0 radical (unpaired) electrons. The van der Waals surface area contributed by atoms with E-state index in [2.05, 4.69) is 43.0 Å². The monoisotopic (exact) mass is 381 g/mol. The third-order valence-electron chi connectivity index (χ3n) is 5.01. The van der Waals surface area contributed by atoms with Crippen molar-refractivity contribution in [3.05, 3.63) is 48.0 Å². The van der Waals surface area contributed by atoms with Crippen molar-refractivity contribution < 1.29 is 9.90 Å². The van der Waals surface area contributed by atoms with Gasteiger partial charge in [0.05, 0.1) is 11.0 Å². The predicted octanol–water partition coefficient (Wildman–Crippen LogP) is 6.42. The minimum absolute atomic E-state index is 0.307. The summed E-state index contributed by atoms with van der Waals surface area (Å²) in [6.07, 6.45) is 9.28. The Balaban J connectivity index is 1.46. The van der Waals surface area contributed by atoms with Gasteiger partial charge in [-0.05, 0) is 55.2 Å². The fourth-order valence-corrected chi connectivity index (χ4v) is 3.71. The van der Waals surface area contributed by atoms with E-state index >= 15 is 0 Å². The lowest BCUT2D eigenvalue weighted by Gasteiger charge is -2.06. The molecular formula is C23H27NO2S. The van der Waals surface area contributed by atoms with Crippen LogP contribution in [0.5, 0.6) is 0 Å². The molecule has 1 aromatic heterocycles. The van der Waals surface area contributed by atoms with Crippen molar-refractivity contribution in [2.75, 3.05) is 0 Å². The first-order valence-electron chi connectivity index (χ1n) is 9.86. The van der Waals surface area contributed by atoms with Gasteiger partial charge in [0.15, 0.2) is 0 Å². The van der Waals surface area contributed by atoms with Gasteiger partial charge in [-0.15, -0.1) is 12.6 Å². The van der Waals surface area contributed by atoms with Crippen LogP contribution in [0.4, 0.5) is 0 Å². The van der Waals surface area contributed by atoms with Crippen LogP contribution in [-0.2, 0) is 11.2 Å². The smallest absolute Gasteiger partial charge is 0.303 e. The second-order valence-corrected chi connectivity index (χ2v) is 7.78. The van der Waals surface area contributed by atoms with E-state index in [1.54, 1.807) is 0 Å². The number of unbranched alkanes of at least 4 members (excludes halogenated alkanes) is 6. The molecule has 1 N–H and O–H groups in total. The SMILES string of the molecule is O=C(O)CCCCCCCCCc1ccc2nc3cc(S)ccc3cc2c1. The molecular weight excluding hydrogens is 354 g/mol. The van der Waals surface area contributed by atoms with Crippen LogP contribution in [0.3, 0.4) is 0 Å². The Morgan fingerprint density at radius 1 is 0.815 bits per heavy atom. The molecule has 0 aliphatic carbocycles. The fraction of sp³-hybridized carbons (Fsp3) is 0.391. The van der Waals surface area contributed by atoms with Crippen LogP contribution in [0.2, 0.25) is 0 Å². The molecule has 1 heterocycles. The number of hydrogen-bond acceptors (Lipinski definition) is 3. The third-order valence-corrected chi connectivity index (χ3v) is 5.29. The number of aryl methyl sites for hydroxylation is 1. The summed E-state index contributed by atoms with van der Waals surface area (Å²) in [6.45, 7) is 0. The normalized spacial score (nSPS) is 11.3. The molecule has 142 valence electrons. The van der Waals surface area contributed by atoms with Gasteiger partial charge in [-0.3, -0.25) is 4.79 Å². The van der Waals surface area contributed by atoms with Crippen LogP contribution in [0.15, 0.2) is 47.4 Å². The van der Waals surface area contributed by atoms with Crippen LogP contribution in [0.25, 0.3) is 21.8 Å². The number of carboxylic acid groups (broad SMARTS) is 1. The second-order valence-electron chi connectivity index (χ2n) is 7.26. The van der Waals surface area contributed by atoms with Gasteiger partial charge >= 0.3 is 5.97 Å². The average molecular weight is 382 g/mol. The molecule has 2 aromatic carbocycles. The molecule has 0 unspecified atom stereocenters. The summed E-state index contributed by atoms with van der Waals surface area (Å²) in [6, 6.07) is 14.9. The number of aliphatic carboxylic acids is 1. The molecule has 0 amide bonds. The van der Waals surface area contributed by atoms with E-state index in [1.807, 2.05) is 12.1 Å². The van der Waals surface area contributed by atoms with Gasteiger partial charge in [0, 0.05) is 22.1 Å². The van der Waals surface area contributed by atoms with Crippen LogP contribution in [-0.4, -0.2) is 16.1 Å². The van der Waals surface area contributed by atoms with Gasteiger partial charge in [-0.25, -0.2) is 4.98 Å². The topological polar surface area (TPSA) is 50.2 Å². The van der Waals surface area contributed by atoms with Crippen molar-refractivity contribution >= 4 is 40.4 Å². The standard InChI is InChI=1S/C23H27NO2S/c25-23(26)9-7-5-3-1-2-4-6-8-17-10-13-21-19(14-17)15-18-11-12-20(27)16-22(18)24-21/h10-16,27H,1-9H2,(H,25,26). The number of hydrogen-bond donors (Lipinski definition) is 2. The molecule has 3 aromatic rings. The first-order chi connectivity index (χ1) is 13.1. The summed E-state index contributed by atoms with van der Waals surface area (Å²) in [5, 5.41) is 11.0. The summed E-state index contributed by atoms with van der Waals surface area (Å²) >= 11 is 4.39. The lowest BCUT2D eigenvalue weighted by Crippen LogP contribution is -1.93. The van der Waals surface area contributed by atoms with Gasteiger partial charge < -0.3 is 5.11 Å². The Hall–Kier alpha value is -2.07. The molecule has 0 saturated carbocycles. The number of aromatic nitrogens is 1. The maximum Gasteiger partial charge on any atom is 0.303 e. The molecule has 4 heteroatoms. The van der Waals surface area contributed by atoms with E-state index in [4.69, 9.17) is 10.1 Å². The van der Waals surface area contributed by atoms with E-state index in [-0.39, 0.29) is 0 Å². The molecule has 0 saturated heterocycles. The molecule has 0 bridgehead atoms. The van der Waals surface area contributed by atoms with Gasteiger partial charge in [0.2, 0.25) is 0 Å². The zero-order valence-electron chi connectivity index (χ0n) is 15.7. The minimum Gasteiger partial charge on any atom is -0.481 e. The maximum absolute atomic E-state index is 10.5. The number of carbonyl (C=O) groups is 1. The molecule has 0 spiro atoms. The number of thiol groups is 1. The van der Waals surface area contributed by atoms with Crippen LogP contribution < -0.4 is 0 Å². The highest BCUT2D eigenvalue weighted by Gasteiger charge is 2.03. The zero-order valence-corrected chi connectivity index (χ0v) is 16.5. The quantitative estimate of drug-likeness (QED) is 0.242. The summed E-state index contributed by atoms with van der Waals surface area (Å²) in [4.78, 5) is 16.1. The number of nitrogens with zero attached hydrogens (tertiary/aromatic N) is 1. The van der Waals surface area contributed by atoms with Gasteiger partial charge in [-0.2, -0.15) is 0 Å². The highest BCUT2D eigenvalue weighted by molar-refractivity contribution is 7.80. The number of benzene rings is 2. The van der Waals surface area contributed by atoms with Crippen molar-refractivity contribution in [3.63, 3.8) is 0 Å². The maximum atomic E-state index is 10.5. The third kappa shape index (κ3) is 5.96. The van der Waals surface area contributed by atoms with Gasteiger partial charge in [0.25, 0.3) is 0 Å². The number of pyridine rings is 1. The van der Waals surface area contributed by atoms with E-state index in [0.29, 0.717) is 6.42 Å². The van der Waals surface area contributed by atoms with Crippen molar-refractivity contribution in [3.8, 4) is 0 Å². The lowest BCUT2D eigenvalue weighted by molar-refractivity contribution is -0.137. The summed E-state index contributed by atoms with van der Waals surface area (Å²) in [5.74, 6) is -0.681. The number of fused-ring (bicyclic) bond motifs is 2. The van der Waals surface area contributed by atoms with Crippen LogP contribution in [0, 0.1) is 0 Å². The predicted molar refractivity (Wildman–Crippen MR) is 115 cm³/mol. The second kappa shape index (κ2) is 9.75. The first-order valence-corrected chi connectivity index (χ1v) is 10.3. The highest BCUT2D eigenvalue weighted by atomic mass is 32.1. The van der Waals surface area contributed by atoms with E-state index in [0.717, 1.165) is 47.0 Å². The Bertz CT molecular complexity index is 923. The van der Waals surface area contributed by atoms with Gasteiger partial charge in [0.1, 0.15) is 0 Å². The largest absolute Gasteiger partial charge is 0.481 e. The highest BCUT2D eigenvalue weighted by Crippen LogP contribution is 2.23. The Kier molecular flexibility index (Phi) is 7.11. The van der Waals surface area contributed by atoms with Crippen molar-refractivity contribution in [1.29, 1.82) is 0 Å². The summed E-state index contributed by atoms with van der Waals surface area (Å²) < 4.78 is 0. The summed E-state index contributed by atoms with van der Waals surface area (Å²) in [5.41, 5.74) is 3.40. The molecule has 0 atom stereocenters. The van der Waals surface area contributed by atoms with E-state index < -0.39 is 5.97 Å². The number of rotatable bonds is 10. The number of carboxylic acids is 1. The van der Waals surface area contributed by atoms with Crippen molar-refractivity contribution in [2.24, 2.45) is 0 Å². The van der Waals surface area contributed by atoms with Crippen LogP contribution in [0.1, 0.15) is 56.9 Å². The minimum atomic E-state index is -0.681. The Morgan fingerprint density at radius 2 is 1.56 bits per heavy atom. The van der Waals surface area contributed by atoms with Crippen molar-refractivity contribution in [1.82, 2.24) is 4.98 Å². The Labute approximate surface area is 166 Å². The first kappa shape index (κ1) is 19.7. The molecule has 27 heavy (non-hydrogen) atoms. The van der Waals surface area contributed by atoms with Crippen molar-refractivity contribution in [2.45, 2.75) is 62.7 Å². The molecule has 0 aliphatic heterocycles. The molecule has 0 aliphatic rings. The molecule has 3 nitrogen and oxygen atoms in total. The summed E-state index contributed by atoms with van der Waals surface area (Å²) in [7, 11) is 0. The van der Waals surface area contributed by atoms with Crippen LogP contribution >= 0.6 is 12.6 Å². The van der Waals surface area contributed by atoms with Gasteiger partial charge in [-0.1, -0.05) is 44.2 Å². The zero-order chi connectivity index (χ0) is 19.1. The average Bonchev–Trinajstić information content (AvgIpc) is 2.64. The molecule has 3 rings (SSSR count). The fourth-order valence-electron chi connectivity index (χ4n) is 3.51. The molecule has 0 fully saturated rings. The lowest BCUT2D eigenvalue weighted by atomic mass is 10.0. The van der Waals surface area contributed by atoms with E-state index in [1.165, 1.54) is 36.6 Å².